The Morgan fingerprint density at radius 1 is 1.31 bits per heavy atom. The van der Waals surface area contributed by atoms with Gasteiger partial charge >= 0.3 is 0 Å². The molecule has 2 N–H and O–H groups in total. The molecule has 6 nitrogen and oxygen atoms in total. The quantitative estimate of drug-likeness (QED) is 0.836. The fourth-order valence-electron chi connectivity index (χ4n) is 3.18. The van der Waals surface area contributed by atoms with E-state index >= 15 is 0 Å². The van der Waals surface area contributed by atoms with Gasteiger partial charge < -0.3 is 10.6 Å². The first-order chi connectivity index (χ1) is 12.3. The maximum atomic E-state index is 11.3. The highest BCUT2D eigenvalue weighted by atomic mass is 16.6. The average molecular weight is 354 g/mol. The maximum absolute atomic E-state index is 11.3. The van der Waals surface area contributed by atoms with Crippen LogP contribution in [0.15, 0.2) is 35.6 Å². The van der Waals surface area contributed by atoms with E-state index in [0.717, 1.165) is 35.5 Å². The van der Waals surface area contributed by atoms with E-state index in [4.69, 9.17) is 10.6 Å². The minimum absolute atomic E-state index is 0.0674. The lowest BCUT2D eigenvalue weighted by Gasteiger charge is -2.30. The van der Waals surface area contributed by atoms with Crippen molar-refractivity contribution in [2.45, 2.75) is 40.5 Å². The summed E-state index contributed by atoms with van der Waals surface area (Å²) in [5.74, 6) is -0.00110. The summed E-state index contributed by atoms with van der Waals surface area (Å²) in [5.41, 5.74) is 9.86. The van der Waals surface area contributed by atoms with Gasteiger partial charge in [-0.05, 0) is 48.4 Å². The zero-order valence-electron chi connectivity index (χ0n) is 15.8. The topological polar surface area (TPSA) is 82.5 Å². The molecule has 1 heterocycles. The van der Waals surface area contributed by atoms with Crippen molar-refractivity contribution >= 4 is 11.6 Å². The van der Waals surface area contributed by atoms with Crippen molar-refractivity contribution in [3.8, 4) is 5.69 Å². The molecular formula is C20H26N4O2. The zero-order chi connectivity index (χ0) is 18.9. The number of aromatic nitrogens is 2. The first-order valence-electron chi connectivity index (χ1n) is 8.93. The van der Waals surface area contributed by atoms with E-state index < -0.39 is 5.91 Å². The molecule has 6 heteroatoms. The summed E-state index contributed by atoms with van der Waals surface area (Å²) in [6.45, 7) is 9.25. The third kappa shape index (κ3) is 3.79. The fourth-order valence-corrected chi connectivity index (χ4v) is 3.18. The van der Waals surface area contributed by atoms with Crippen molar-refractivity contribution in [1.82, 2.24) is 9.78 Å². The van der Waals surface area contributed by atoms with Gasteiger partial charge in [0.05, 0.1) is 23.3 Å². The number of fused-ring (bicyclic) bond motifs is 1. The van der Waals surface area contributed by atoms with Gasteiger partial charge in [-0.25, -0.2) is 4.68 Å². The Balaban J connectivity index is 1.97. The molecule has 0 fully saturated rings. The van der Waals surface area contributed by atoms with Crippen LogP contribution in [0, 0.1) is 11.3 Å². The normalized spacial score (nSPS) is 17.3. The van der Waals surface area contributed by atoms with Gasteiger partial charge in [-0.3, -0.25) is 4.79 Å². The van der Waals surface area contributed by atoms with Crippen LogP contribution < -0.4 is 5.73 Å². The second-order valence-corrected chi connectivity index (χ2v) is 8.07. The number of amides is 1. The Hall–Kier alpha value is -2.63. The largest absolute Gasteiger partial charge is 0.395 e. The number of hydrogen-bond donors (Lipinski definition) is 1. The number of nitrogens with zero attached hydrogens (tertiary/aromatic N) is 3. The minimum Gasteiger partial charge on any atom is -0.395 e. The van der Waals surface area contributed by atoms with Gasteiger partial charge in [0, 0.05) is 11.1 Å². The Morgan fingerprint density at radius 2 is 2.00 bits per heavy atom. The summed E-state index contributed by atoms with van der Waals surface area (Å²) < 4.78 is 1.92. The molecule has 1 aliphatic carbocycles. The van der Waals surface area contributed by atoms with Crippen molar-refractivity contribution in [2.75, 3.05) is 6.61 Å². The first-order valence-corrected chi connectivity index (χ1v) is 8.93. The Bertz CT molecular complexity index is 832. The Kier molecular flexibility index (Phi) is 4.85. The number of carbonyl (C=O) groups is 1. The van der Waals surface area contributed by atoms with E-state index in [0.29, 0.717) is 18.1 Å². The van der Waals surface area contributed by atoms with Gasteiger partial charge in [-0.2, -0.15) is 5.10 Å². The predicted molar refractivity (Wildman–Crippen MR) is 102 cm³/mol. The Labute approximate surface area is 154 Å². The molecule has 0 saturated heterocycles. The smallest absolute Gasteiger partial charge is 0.248 e. The van der Waals surface area contributed by atoms with Crippen molar-refractivity contribution in [1.29, 1.82) is 0 Å². The molecule has 0 atom stereocenters. The van der Waals surface area contributed by atoms with E-state index in [2.05, 4.69) is 37.9 Å². The van der Waals surface area contributed by atoms with Gasteiger partial charge in [0.2, 0.25) is 5.91 Å². The van der Waals surface area contributed by atoms with E-state index in [9.17, 15) is 4.79 Å². The Morgan fingerprint density at radius 3 is 2.62 bits per heavy atom. The molecule has 26 heavy (non-hydrogen) atoms. The number of rotatable bonds is 5. The average Bonchev–Trinajstić information content (AvgIpc) is 2.97. The second kappa shape index (κ2) is 6.94. The van der Waals surface area contributed by atoms with Crippen LogP contribution in [0.5, 0.6) is 0 Å². The highest BCUT2D eigenvalue weighted by molar-refractivity contribution is 6.02. The molecule has 0 spiro atoms. The minimum atomic E-state index is -0.433. The van der Waals surface area contributed by atoms with Gasteiger partial charge in [-0.15, -0.1) is 0 Å². The molecule has 1 aliphatic rings. The second-order valence-electron chi connectivity index (χ2n) is 8.07. The molecule has 138 valence electrons. The summed E-state index contributed by atoms with van der Waals surface area (Å²) >= 11 is 0. The van der Waals surface area contributed by atoms with Crippen LogP contribution in [0.2, 0.25) is 0 Å². The molecule has 0 saturated carbocycles. The molecule has 0 unspecified atom stereocenters. The molecule has 3 rings (SSSR count). The van der Waals surface area contributed by atoms with Gasteiger partial charge in [0.1, 0.15) is 6.61 Å². The monoisotopic (exact) mass is 354 g/mol. The van der Waals surface area contributed by atoms with Crippen LogP contribution in [0.4, 0.5) is 0 Å². The molecular weight excluding hydrogens is 328 g/mol. The van der Waals surface area contributed by atoms with Crippen LogP contribution in [0.3, 0.4) is 0 Å². The van der Waals surface area contributed by atoms with Crippen LogP contribution in [-0.4, -0.2) is 28.0 Å². The predicted octanol–water partition coefficient (Wildman–Crippen LogP) is 3.32. The lowest BCUT2D eigenvalue weighted by molar-refractivity contribution is 0.100. The lowest BCUT2D eigenvalue weighted by Crippen LogP contribution is -2.28. The van der Waals surface area contributed by atoms with Crippen molar-refractivity contribution in [3.05, 3.63) is 47.3 Å². The summed E-state index contributed by atoms with van der Waals surface area (Å²) in [7, 11) is 0. The number of primary amides is 1. The number of nitrogens with two attached hydrogens (primary N) is 1. The summed E-state index contributed by atoms with van der Waals surface area (Å²) in [6, 6.07) is 7.17. The molecule has 1 amide bonds. The summed E-state index contributed by atoms with van der Waals surface area (Å²) in [4.78, 5) is 16.8. The zero-order valence-corrected chi connectivity index (χ0v) is 15.8. The van der Waals surface area contributed by atoms with Crippen molar-refractivity contribution < 1.29 is 9.63 Å². The number of hydrogen-bond acceptors (Lipinski definition) is 4. The standard InChI is InChI=1S/C20H26N4O2/c1-13(2)12-26-23-17-9-20(3,4)10-18-16(17)11-22-24(18)15-7-5-14(6-8-15)19(21)25/h5-8,11,13H,9-10,12H2,1-4H3,(H2,21,25)/b23-17-. The van der Waals surface area contributed by atoms with E-state index in [1.807, 2.05) is 23.0 Å². The highest BCUT2D eigenvalue weighted by Crippen LogP contribution is 2.36. The fraction of sp³-hybridized carbons (Fsp3) is 0.450. The van der Waals surface area contributed by atoms with Crippen molar-refractivity contribution in [2.24, 2.45) is 22.2 Å². The molecule has 1 aromatic carbocycles. The summed E-state index contributed by atoms with van der Waals surface area (Å²) in [5, 5.41) is 8.97. The third-order valence-corrected chi connectivity index (χ3v) is 4.45. The van der Waals surface area contributed by atoms with Gasteiger partial charge in [0.25, 0.3) is 0 Å². The van der Waals surface area contributed by atoms with E-state index in [1.165, 1.54) is 0 Å². The first kappa shape index (κ1) is 18.2. The highest BCUT2D eigenvalue weighted by Gasteiger charge is 2.33. The van der Waals surface area contributed by atoms with Crippen LogP contribution >= 0.6 is 0 Å². The van der Waals surface area contributed by atoms with Crippen LogP contribution in [-0.2, 0) is 11.3 Å². The third-order valence-electron chi connectivity index (χ3n) is 4.45. The number of benzene rings is 1. The van der Waals surface area contributed by atoms with E-state index in [1.54, 1.807) is 12.1 Å². The lowest BCUT2D eigenvalue weighted by atomic mass is 9.76. The number of oxime groups is 1. The van der Waals surface area contributed by atoms with E-state index in [-0.39, 0.29) is 5.41 Å². The molecule has 2 aromatic rings. The SMILES string of the molecule is CC(C)CO/N=C1/CC(C)(C)Cc2c1cnn2-c1ccc(C(N)=O)cc1. The molecule has 1 aromatic heterocycles. The van der Waals surface area contributed by atoms with Crippen molar-refractivity contribution in [3.63, 3.8) is 0 Å². The molecule has 0 bridgehead atoms. The summed E-state index contributed by atoms with van der Waals surface area (Å²) in [6.07, 6.45) is 3.59. The van der Waals surface area contributed by atoms with Gasteiger partial charge in [-0.1, -0.05) is 32.9 Å². The maximum Gasteiger partial charge on any atom is 0.248 e. The van der Waals surface area contributed by atoms with Crippen LogP contribution in [0.25, 0.3) is 5.69 Å². The number of carbonyl (C=O) groups excluding carboxylic acids is 1. The molecule has 0 aliphatic heterocycles. The van der Waals surface area contributed by atoms with Crippen LogP contribution in [0.1, 0.15) is 55.7 Å². The van der Waals surface area contributed by atoms with Gasteiger partial charge in [0.15, 0.2) is 0 Å². The molecule has 0 radical (unpaired) electrons.